The Morgan fingerprint density at radius 2 is 2.04 bits per heavy atom. The van der Waals surface area contributed by atoms with Crippen molar-refractivity contribution in [3.8, 4) is 0 Å². The lowest BCUT2D eigenvalue weighted by atomic mass is 9.95. The van der Waals surface area contributed by atoms with Crippen molar-refractivity contribution in [3.63, 3.8) is 0 Å². The Morgan fingerprint density at radius 3 is 2.70 bits per heavy atom. The maximum Gasteiger partial charge on any atom is 0.319 e. The number of carbonyl (C=O) groups excluding carboxylic acids is 1. The summed E-state index contributed by atoms with van der Waals surface area (Å²) in [5.41, 5.74) is 4.40. The van der Waals surface area contributed by atoms with E-state index in [2.05, 4.69) is 22.1 Å². The minimum atomic E-state index is -0.193. The van der Waals surface area contributed by atoms with Crippen LogP contribution >= 0.6 is 11.3 Å². The van der Waals surface area contributed by atoms with Crippen molar-refractivity contribution in [1.82, 2.24) is 5.32 Å². The Bertz CT molecular complexity index is 626. The summed E-state index contributed by atoms with van der Waals surface area (Å²) in [6.07, 6.45) is 1.54. The summed E-state index contributed by atoms with van der Waals surface area (Å²) in [5.74, 6) is 0.285. The van der Waals surface area contributed by atoms with Gasteiger partial charge in [0, 0.05) is 18.8 Å². The zero-order chi connectivity index (χ0) is 16.7. The standard InChI is InChI=1S/C18H24N2O2S/c1-13-3-4-17(11-14(13)2)20-18(22)19-8-5-15(6-9-21)16-7-10-23-12-16/h3-4,7,10-12,15,21H,5-6,8-9H2,1-2H3,(H2,19,20,22)/t15-/m0/s1. The average Bonchev–Trinajstić information content (AvgIpc) is 3.04. The number of thiophene rings is 1. The maximum atomic E-state index is 12.0. The van der Waals surface area contributed by atoms with Gasteiger partial charge in [-0.15, -0.1) is 0 Å². The van der Waals surface area contributed by atoms with E-state index in [4.69, 9.17) is 0 Å². The molecule has 1 aromatic carbocycles. The van der Waals surface area contributed by atoms with E-state index >= 15 is 0 Å². The van der Waals surface area contributed by atoms with Gasteiger partial charge in [-0.05, 0) is 78.3 Å². The van der Waals surface area contributed by atoms with Gasteiger partial charge in [0.2, 0.25) is 0 Å². The molecule has 2 aromatic rings. The summed E-state index contributed by atoms with van der Waals surface area (Å²) in [5, 5.41) is 19.1. The highest BCUT2D eigenvalue weighted by Crippen LogP contribution is 2.24. The normalized spacial score (nSPS) is 12.0. The molecule has 0 aliphatic heterocycles. The third-order valence-electron chi connectivity index (χ3n) is 4.04. The molecular formula is C18H24N2O2S. The van der Waals surface area contributed by atoms with Gasteiger partial charge < -0.3 is 15.7 Å². The monoisotopic (exact) mass is 332 g/mol. The lowest BCUT2D eigenvalue weighted by Gasteiger charge is -2.15. The highest BCUT2D eigenvalue weighted by atomic mass is 32.1. The number of hydrogen-bond acceptors (Lipinski definition) is 3. The summed E-state index contributed by atoms with van der Waals surface area (Å²) >= 11 is 1.66. The number of benzene rings is 1. The van der Waals surface area contributed by atoms with Crippen molar-refractivity contribution >= 4 is 23.1 Å². The third-order valence-corrected chi connectivity index (χ3v) is 4.74. The molecule has 3 N–H and O–H groups in total. The fourth-order valence-electron chi connectivity index (χ4n) is 2.50. The van der Waals surface area contributed by atoms with Crippen molar-refractivity contribution in [2.45, 2.75) is 32.6 Å². The second-order valence-electron chi connectivity index (χ2n) is 5.73. The lowest BCUT2D eigenvalue weighted by molar-refractivity contribution is 0.250. The molecule has 0 saturated heterocycles. The van der Waals surface area contributed by atoms with Gasteiger partial charge in [0.15, 0.2) is 0 Å². The van der Waals surface area contributed by atoms with E-state index in [0.717, 1.165) is 24.1 Å². The molecule has 0 aliphatic rings. The van der Waals surface area contributed by atoms with Gasteiger partial charge in [-0.1, -0.05) is 6.07 Å². The molecule has 0 radical (unpaired) electrons. The molecule has 0 unspecified atom stereocenters. The molecule has 1 heterocycles. The van der Waals surface area contributed by atoms with Gasteiger partial charge >= 0.3 is 6.03 Å². The first kappa shape index (κ1) is 17.5. The van der Waals surface area contributed by atoms with E-state index in [1.54, 1.807) is 11.3 Å². The largest absolute Gasteiger partial charge is 0.396 e. The molecule has 4 nitrogen and oxygen atoms in total. The number of amides is 2. The Morgan fingerprint density at radius 1 is 1.22 bits per heavy atom. The second kappa shape index (κ2) is 8.70. The van der Waals surface area contributed by atoms with Crippen LogP contribution < -0.4 is 10.6 Å². The number of urea groups is 1. The summed E-state index contributed by atoms with van der Waals surface area (Å²) in [6, 6.07) is 7.76. The van der Waals surface area contributed by atoms with Crippen LogP contribution in [0.2, 0.25) is 0 Å². The summed E-state index contributed by atoms with van der Waals surface area (Å²) in [6.45, 7) is 4.82. The van der Waals surface area contributed by atoms with Crippen LogP contribution in [0, 0.1) is 13.8 Å². The Balaban J connectivity index is 1.80. The van der Waals surface area contributed by atoms with Gasteiger partial charge in [-0.3, -0.25) is 0 Å². The van der Waals surface area contributed by atoms with Crippen molar-refractivity contribution < 1.29 is 9.90 Å². The lowest BCUT2D eigenvalue weighted by Crippen LogP contribution is -2.30. The predicted octanol–water partition coefficient (Wildman–Crippen LogP) is 4.04. The first-order valence-electron chi connectivity index (χ1n) is 7.85. The van der Waals surface area contributed by atoms with Gasteiger partial charge in [0.25, 0.3) is 0 Å². The number of aliphatic hydroxyl groups excluding tert-OH is 1. The minimum absolute atomic E-state index is 0.162. The number of nitrogens with one attached hydrogen (secondary N) is 2. The maximum absolute atomic E-state index is 12.0. The molecule has 0 saturated carbocycles. The molecule has 124 valence electrons. The molecule has 2 amide bonds. The predicted molar refractivity (Wildman–Crippen MR) is 96.3 cm³/mol. The van der Waals surface area contributed by atoms with E-state index in [1.165, 1.54) is 11.1 Å². The highest BCUT2D eigenvalue weighted by Gasteiger charge is 2.12. The molecule has 23 heavy (non-hydrogen) atoms. The van der Waals surface area contributed by atoms with Crippen molar-refractivity contribution in [2.24, 2.45) is 0 Å². The van der Waals surface area contributed by atoms with Crippen molar-refractivity contribution in [3.05, 3.63) is 51.7 Å². The fourth-order valence-corrected chi connectivity index (χ4v) is 3.24. The van der Waals surface area contributed by atoms with Gasteiger partial charge in [0.1, 0.15) is 0 Å². The van der Waals surface area contributed by atoms with Crippen LogP contribution in [-0.2, 0) is 0 Å². The fraction of sp³-hybridized carbons (Fsp3) is 0.389. The average molecular weight is 332 g/mol. The van der Waals surface area contributed by atoms with E-state index < -0.39 is 0 Å². The van der Waals surface area contributed by atoms with Crippen LogP contribution in [0.1, 0.15) is 35.4 Å². The first-order valence-corrected chi connectivity index (χ1v) is 8.79. The highest BCUT2D eigenvalue weighted by molar-refractivity contribution is 7.07. The molecule has 0 aliphatic carbocycles. The quantitative estimate of drug-likeness (QED) is 0.716. The molecule has 1 aromatic heterocycles. The van der Waals surface area contributed by atoms with Crippen LogP contribution in [0.15, 0.2) is 35.0 Å². The zero-order valence-electron chi connectivity index (χ0n) is 13.6. The summed E-state index contributed by atoms with van der Waals surface area (Å²) in [4.78, 5) is 12.0. The van der Waals surface area contributed by atoms with E-state index in [0.29, 0.717) is 6.54 Å². The van der Waals surface area contributed by atoms with Crippen LogP contribution in [0.3, 0.4) is 0 Å². The van der Waals surface area contributed by atoms with Gasteiger partial charge in [-0.25, -0.2) is 4.79 Å². The zero-order valence-corrected chi connectivity index (χ0v) is 14.5. The number of carbonyl (C=O) groups is 1. The molecule has 0 bridgehead atoms. The summed E-state index contributed by atoms with van der Waals surface area (Å²) < 4.78 is 0. The van der Waals surface area contributed by atoms with Gasteiger partial charge in [0.05, 0.1) is 0 Å². The number of aliphatic hydroxyl groups is 1. The molecule has 0 fully saturated rings. The van der Waals surface area contributed by atoms with Crippen molar-refractivity contribution in [1.29, 1.82) is 0 Å². The third kappa shape index (κ3) is 5.37. The number of rotatable bonds is 7. The molecule has 1 atom stereocenters. The van der Waals surface area contributed by atoms with Crippen LogP contribution in [0.4, 0.5) is 10.5 Å². The molecule has 5 heteroatoms. The van der Waals surface area contributed by atoms with Crippen molar-refractivity contribution in [2.75, 3.05) is 18.5 Å². The topological polar surface area (TPSA) is 61.4 Å². The smallest absolute Gasteiger partial charge is 0.319 e. The molecule has 2 rings (SSSR count). The first-order chi connectivity index (χ1) is 11.1. The van der Waals surface area contributed by atoms with Crippen LogP contribution in [-0.4, -0.2) is 24.3 Å². The SMILES string of the molecule is Cc1ccc(NC(=O)NCC[C@@H](CCO)c2ccsc2)cc1C. The number of anilines is 1. The Kier molecular flexibility index (Phi) is 6.62. The van der Waals surface area contributed by atoms with E-state index in [9.17, 15) is 9.90 Å². The second-order valence-corrected chi connectivity index (χ2v) is 6.51. The van der Waals surface area contributed by atoms with Crippen LogP contribution in [0.25, 0.3) is 0 Å². The Hall–Kier alpha value is -1.85. The summed E-state index contributed by atoms with van der Waals surface area (Å²) in [7, 11) is 0. The minimum Gasteiger partial charge on any atom is -0.396 e. The van der Waals surface area contributed by atoms with E-state index in [-0.39, 0.29) is 18.6 Å². The van der Waals surface area contributed by atoms with E-state index in [1.807, 2.05) is 37.4 Å². The number of hydrogen-bond donors (Lipinski definition) is 3. The molecule has 0 spiro atoms. The van der Waals surface area contributed by atoms with Gasteiger partial charge in [-0.2, -0.15) is 11.3 Å². The Labute approximate surface area is 141 Å². The molecular weight excluding hydrogens is 308 g/mol. The number of aryl methyl sites for hydroxylation is 2. The van der Waals surface area contributed by atoms with Crippen LogP contribution in [0.5, 0.6) is 0 Å².